The molecule has 0 radical (unpaired) electrons. The van der Waals surface area contributed by atoms with Gasteiger partial charge in [0.25, 0.3) is 0 Å². The maximum atomic E-state index is 11.6. The number of hydrogen-bond donors (Lipinski definition) is 1. The Kier molecular flexibility index (Phi) is 3.11. The van der Waals surface area contributed by atoms with Crippen molar-refractivity contribution in [3.05, 3.63) is 6.33 Å². The second-order valence-electron chi connectivity index (χ2n) is 3.13. The summed E-state index contributed by atoms with van der Waals surface area (Å²) >= 11 is 5.70. The molecule has 0 aromatic carbocycles. The molecule has 1 aliphatic rings. The molecule has 1 fully saturated rings. The molecule has 5 nitrogen and oxygen atoms in total. The molecule has 1 atom stereocenters. The van der Waals surface area contributed by atoms with E-state index in [0.29, 0.717) is 24.1 Å². The molecule has 0 N–H and O–H groups in total. The molecule has 80 valence electrons. The number of anilines is 1. The lowest BCUT2D eigenvalue weighted by Gasteiger charge is -2.12. The van der Waals surface area contributed by atoms with Crippen LogP contribution in [0.15, 0.2) is 11.5 Å². The number of carbonyl (C=O) groups is 1. The van der Waals surface area contributed by atoms with Crippen molar-refractivity contribution in [2.75, 3.05) is 17.7 Å². The highest BCUT2D eigenvalue weighted by Gasteiger charge is 2.30. The Morgan fingerprint density at radius 1 is 1.60 bits per heavy atom. The third-order valence-corrected chi connectivity index (χ3v) is 2.97. The third kappa shape index (κ3) is 2.23. The van der Waals surface area contributed by atoms with E-state index >= 15 is 0 Å². The van der Waals surface area contributed by atoms with Crippen LogP contribution in [0, 0.1) is 0 Å². The van der Waals surface area contributed by atoms with Gasteiger partial charge in [0.05, 0.1) is 0 Å². The van der Waals surface area contributed by atoms with E-state index in [9.17, 15) is 4.79 Å². The average molecular weight is 242 g/mol. The summed E-state index contributed by atoms with van der Waals surface area (Å²) in [6.07, 6.45) is 3.75. The molecule has 2 heterocycles. The Balaban J connectivity index is 2.25. The normalized spacial score (nSPS) is 21.1. The van der Waals surface area contributed by atoms with Crippen LogP contribution in [0.4, 0.5) is 5.95 Å². The summed E-state index contributed by atoms with van der Waals surface area (Å²) in [5.41, 5.74) is 0. The summed E-state index contributed by atoms with van der Waals surface area (Å²) < 4.78 is 0. The van der Waals surface area contributed by atoms with Gasteiger partial charge in [-0.25, -0.2) is 9.97 Å². The molecule has 1 amide bonds. The molecule has 0 bridgehead atoms. The first-order chi connectivity index (χ1) is 7.20. The molecule has 1 aliphatic heterocycles. The molecular weight excluding hydrogens is 232 g/mol. The molecule has 0 spiro atoms. The summed E-state index contributed by atoms with van der Waals surface area (Å²) in [5.74, 6) is 0.448. The second-order valence-corrected chi connectivity index (χ2v) is 4.64. The van der Waals surface area contributed by atoms with Crippen LogP contribution >= 0.6 is 24.4 Å². The van der Waals surface area contributed by atoms with E-state index in [1.165, 1.54) is 18.1 Å². The summed E-state index contributed by atoms with van der Waals surface area (Å²) in [6.45, 7) is 0.569. The fourth-order valence-corrected chi connectivity index (χ4v) is 2.03. The summed E-state index contributed by atoms with van der Waals surface area (Å²) in [5, 5.41) is 0.697. The zero-order valence-corrected chi connectivity index (χ0v) is 9.83. The topological polar surface area (TPSA) is 59.0 Å². The lowest BCUT2D eigenvalue weighted by atomic mass is 10.4. The maximum Gasteiger partial charge on any atom is 0.236 e. The molecular formula is C8H10N4OS2. The minimum Gasteiger partial charge on any atom is -0.279 e. The van der Waals surface area contributed by atoms with Gasteiger partial charge < -0.3 is 0 Å². The minimum absolute atomic E-state index is 0.0215. The van der Waals surface area contributed by atoms with Crippen molar-refractivity contribution >= 4 is 36.2 Å². The molecule has 1 unspecified atom stereocenters. The van der Waals surface area contributed by atoms with Gasteiger partial charge in [-0.05, 0) is 6.26 Å². The smallest absolute Gasteiger partial charge is 0.236 e. The molecule has 7 heteroatoms. The van der Waals surface area contributed by atoms with E-state index in [4.69, 9.17) is 0 Å². The monoisotopic (exact) mass is 242 g/mol. The molecule has 15 heavy (non-hydrogen) atoms. The first-order valence-corrected chi connectivity index (χ1v) is 6.16. The van der Waals surface area contributed by atoms with Gasteiger partial charge in [-0.1, -0.05) is 11.8 Å². The van der Waals surface area contributed by atoms with Gasteiger partial charge in [-0.2, -0.15) is 17.6 Å². The Bertz CT molecular complexity index is 387. The van der Waals surface area contributed by atoms with Crippen molar-refractivity contribution < 1.29 is 4.79 Å². The number of hydrogen-bond acceptors (Lipinski definition) is 6. The van der Waals surface area contributed by atoms with Crippen LogP contribution in [0.3, 0.4) is 0 Å². The van der Waals surface area contributed by atoms with Gasteiger partial charge in [0.2, 0.25) is 11.9 Å². The highest BCUT2D eigenvalue weighted by Crippen LogP contribution is 2.21. The van der Waals surface area contributed by atoms with Crippen molar-refractivity contribution in [3.8, 4) is 0 Å². The number of amides is 1. The van der Waals surface area contributed by atoms with Crippen LogP contribution in [0.5, 0.6) is 0 Å². The SMILES string of the molecule is CSc1ncnc(N2CC(S)CC2=O)n1. The molecule has 1 saturated heterocycles. The van der Waals surface area contributed by atoms with Gasteiger partial charge in [0.1, 0.15) is 6.33 Å². The van der Waals surface area contributed by atoms with Crippen LogP contribution < -0.4 is 4.90 Å². The van der Waals surface area contributed by atoms with E-state index in [2.05, 4.69) is 27.6 Å². The van der Waals surface area contributed by atoms with Crippen molar-refractivity contribution in [1.29, 1.82) is 0 Å². The van der Waals surface area contributed by atoms with E-state index in [1.54, 1.807) is 4.90 Å². The Labute approximate surface area is 97.1 Å². The summed E-state index contributed by atoms with van der Waals surface area (Å²) in [7, 11) is 0. The first kappa shape index (κ1) is 10.7. The molecule has 0 aliphatic carbocycles. The Hall–Kier alpha value is -0.820. The average Bonchev–Trinajstić information content (AvgIpc) is 2.58. The molecule has 0 saturated carbocycles. The van der Waals surface area contributed by atoms with Crippen LogP contribution in [-0.2, 0) is 4.79 Å². The van der Waals surface area contributed by atoms with Crippen LogP contribution in [0.1, 0.15) is 6.42 Å². The highest BCUT2D eigenvalue weighted by atomic mass is 32.2. The zero-order chi connectivity index (χ0) is 10.8. The zero-order valence-electron chi connectivity index (χ0n) is 8.12. The quantitative estimate of drug-likeness (QED) is 0.609. The number of rotatable bonds is 2. The standard InChI is InChI=1S/C8H10N4OS2/c1-15-8-10-4-9-7(11-8)12-3-5(14)2-6(12)13/h4-5,14H,2-3H2,1H3. The first-order valence-electron chi connectivity index (χ1n) is 4.42. The molecule has 2 rings (SSSR count). The predicted molar refractivity (Wildman–Crippen MR) is 61.4 cm³/mol. The highest BCUT2D eigenvalue weighted by molar-refractivity contribution is 7.98. The number of nitrogens with zero attached hydrogens (tertiary/aromatic N) is 4. The second kappa shape index (κ2) is 4.36. The lowest BCUT2D eigenvalue weighted by molar-refractivity contribution is -0.117. The summed E-state index contributed by atoms with van der Waals surface area (Å²) in [4.78, 5) is 25.2. The van der Waals surface area contributed by atoms with Crippen LogP contribution in [-0.4, -0.2) is 38.9 Å². The minimum atomic E-state index is 0.0215. The lowest BCUT2D eigenvalue weighted by Crippen LogP contribution is -2.26. The van der Waals surface area contributed by atoms with Crippen molar-refractivity contribution in [2.45, 2.75) is 16.8 Å². The number of thioether (sulfide) groups is 1. The van der Waals surface area contributed by atoms with Gasteiger partial charge in [0.15, 0.2) is 5.16 Å². The van der Waals surface area contributed by atoms with E-state index in [1.807, 2.05) is 6.26 Å². The van der Waals surface area contributed by atoms with Gasteiger partial charge in [-0.15, -0.1) is 0 Å². The molecule has 1 aromatic heterocycles. The van der Waals surface area contributed by atoms with E-state index < -0.39 is 0 Å². The fraction of sp³-hybridized carbons (Fsp3) is 0.500. The largest absolute Gasteiger partial charge is 0.279 e. The van der Waals surface area contributed by atoms with E-state index in [-0.39, 0.29) is 11.2 Å². The maximum absolute atomic E-state index is 11.6. The summed E-state index contributed by atoms with van der Waals surface area (Å²) in [6, 6.07) is 0. The number of thiol groups is 1. The Morgan fingerprint density at radius 2 is 2.40 bits per heavy atom. The van der Waals surface area contributed by atoms with Crippen molar-refractivity contribution in [3.63, 3.8) is 0 Å². The van der Waals surface area contributed by atoms with Crippen molar-refractivity contribution in [2.24, 2.45) is 0 Å². The van der Waals surface area contributed by atoms with Gasteiger partial charge in [-0.3, -0.25) is 9.69 Å². The number of carbonyl (C=O) groups excluding carboxylic acids is 1. The molecule has 1 aromatic rings. The van der Waals surface area contributed by atoms with Crippen molar-refractivity contribution in [1.82, 2.24) is 15.0 Å². The third-order valence-electron chi connectivity index (χ3n) is 2.07. The van der Waals surface area contributed by atoms with E-state index in [0.717, 1.165) is 0 Å². The fourth-order valence-electron chi connectivity index (χ4n) is 1.38. The van der Waals surface area contributed by atoms with Gasteiger partial charge in [0, 0.05) is 18.2 Å². The van der Waals surface area contributed by atoms with Gasteiger partial charge >= 0.3 is 0 Å². The number of aromatic nitrogens is 3. The van der Waals surface area contributed by atoms with Crippen LogP contribution in [0.2, 0.25) is 0 Å². The predicted octanol–water partition coefficient (Wildman–Crippen LogP) is 0.629. The van der Waals surface area contributed by atoms with Crippen LogP contribution in [0.25, 0.3) is 0 Å². The Morgan fingerprint density at radius 3 is 3.00 bits per heavy atom.